The number of aromatic amines is 1. The van der Waals surface area contributed by atoms with Crippen LogP contribution in [0.4, 0.5) is 4.39 Å². The van der Waals surface area contributed by atoms with E-state index in [4.69, 9.17) is 0 Å². The van der Waals surface area contributed by atoms with Crippen molar-refractivity contribution in [1.29, 1.82) is 0 Å². The lowest BCUT2D eigenvalue weighted by Crippen LogP contribution is -2.25. The van der Waals surface area contributed by atoms with Crippen LogP contribution < -0.4 is 10.6 Å². The van der Waals surface area contributed by atoms with Crippen LogP contribution in [0.25, 0.3) is 22.0 Å². The monoisotopic (exact) mass is 445 g/mol. The molecule has 33 heavy (non-hydrogen) atoms. The van der Waals surface area contributed by atoms with Gasteiger partial charge in [0.05, 0.1) is 5.52 Å². The molecule has 0 saturated carbocycles. The largest absolute Gasteiger partial charge is 0.506 e. The molecule has 0 fully saturated rings. The maximum absolute atomic E-state index is 13.7. The molecular weight excluding hydrogens is 421 g/mol. The van der Waals surface area contributed by atoms with Crippen molar-refractivity contribution < 1.29 is 19.1 Å². The third-order valence-electron chi connectivity index (χ3n) is 5.67. The Morgan fingerprint density at radius 2 is 1.73 bits per heavy atom. The Hall–Kier alpha value is -4.13. The van der Waals surface area contributed by atoms with E-state index in [-0.39, 0.29) is 17.6 Å². The number of carbonyl (C=O) groups is 2. The Kier molecular flexibility index (Phi) is 6.13. The molecule has 4 N–H and O–H groups in total. The molecule has 168 valence electrons. The molecule has 0 atom stereocenters. The van der Waals surface area contributed by atoms with E-state index in [0.717, 1.165) is 28.5 Å². The summed E-state index contributed by atoms with van der Waals surface area (Å²) in [5, 5.41) is 16.1. The molecule has 6 nitrogen and oxygen atoms in total. The molecule has 7 heteroatoms. The minimum atomic E-state index is -0.509. The predicted octanol–water partition coefficient (Wildman–Crippen LogP) is 4.32. The van der Waals surface area contributed by atoms with Crippen molar-refractivity contribution in [2.75, 3.05) is 13.6 Å². The van der Waals surface area contributed by atoms with E-state index >= 15 is 0 Å². The molecule has 0 unspecified atom stereocenters. The fraction of sp³-hybridized carbons (Fsp3) is 0.154. The highest BCUT2D eigenvalue weighted by atomic mass is 19.1. The molecule has 0 radical (unpaired) electrons. The highest BCUT2D eigenvalue weighted by Gasteiger charge is 2.14. The zero-order valence-corrected chi connectivity index (χ0v) is 18.3. The molecule has 1 aromatic heterocycles. The summed E-state index contributed by atoms with van der Waals surface area (Å²) in [5.41, 5.74) is 5.03. The minimum absolute atomic E-state index is 0.135. The highest BCUT2D eigenvalue weighted by Crippen LogP contribution is 2.30. The smallest absolute Gasteiger partial charge is 0.251 e. The van der Waals surface area contributed by atoms with Gasteiger partial charge >= 0.3 is 0 Å². The van der Waals surface area contributed by atoms with Gasteiger partial charge < -0.3 is 20.7 Å². The number of aryl methyl sites for hydroxylation is 1. The molecule has 1 heterocycles. The van der Waals surface area contributed by atoms with E-state index in [1.54, 1.807) is 31.3 Å². The SMILES string of the molecule is CNC(=O)c1cccc(-c2ccc(C(=O)NCCc3c(C)[nH]c4c(O)cc(F)cc34)cc2)c1. The number of nitrogens with one attached hydrogen (secondary N) is 3. The number of hydrogen-bond acceptors (Lipinski definition) is 3. The Balaban J connectivity index is 1.43. The predicted molar refractivity (Wildman–Crippen MR) is 126 cm³/mol. The second-order valence-corrected chi connectivity index (χ2v) is 7.82. The summed E-state index contributed by atoms with van der Waals surface area (Å²) < 4.78 is 13.7. The van der Waals surface area contributed by atoms with E-state index in [2.05, 4.69) is 15.6 Å². The van der Waals surface area contributed by atoms with Gasteiger partial charge in [-0.05, 0) is 60.4 Å². The standard InChI is InChI=1S/C26H24FN3O3/c1-15-21(22-13-20(27)14-23(31)24(22)30-15)10-11-29-26(33)17-8-6-16(7-9-17)18-4-3-5-19(12-18)25(32)28-2/h3-9,12-14,30-31H,10-11H2,1-2H3,(H,28,32)(H,29,33). The number of benzene rings is 3. The number of aromatic hydroxyl groups is 1. The number of rotatable bonds is 6. The first-order valence-electron chi connectivity index (χ1n) is 10.6. The van der Waals surface area contributed by atoms with Crippen molar-refractivity contribution in [3.63, 3.8) is 0 Å². The molecule has 2 amide bonds. The summed E-state index contributed by atoms with van der Waals surface area (Å²) in [6.45, 7) is 2.21. The first-order valence-corrected chi connectivity index (χ1v) is 10.6. The summed E-state index contributed by atoms with van der Waals surface area (Å²) in [5.74, 6) is -1.02. The van der Waals surface area contributed by atoms with Crippen molar-refractivity contribution in [1.82, 2.24) is 15.6 Å². The Bertz CT molecular complexity index is 1340. The molecule has 4 rings (SSSR count). The van der Waals surface area contributed by atoms with Crippen LogP contribution in [0, 0.1) is 12.7 Å². The van der Waals surface area contributed by atoms with Gasteiger partial charge in [-0.3, -0.25) is 9.59 Å². The third-order valence-corrected chi connectivity index (χ3v) is 5.67. The molecule has 0 aliphatic rings. The van der Waals surface area contributed by atoms with Gasteiger partial charge in [0, 0.05) is 41.9 Å². The van der Waals surface area contributed by atoms with Crippen molar-refractivity contribution >= 4 is 22.7 Å². The van der Waals surface area contributed by atoms with Crippen LogP contribution in [0.3, 0.4) is 0 Å². The lowest BCUT2D eigenvalue weighted by Gasteiger charge is -2.08. The van der Waals surface area contributed by atoms with Gasteiger partial charge in [-0.2, -0.15) is 0 Å². The molecule has 3 aromatic carbocycles. The first-order chi connectivity index (χ1) is 15.9. The van der Waals surface area contributed by atoms with E-state index in [1.165, 1.54) is 6.07 Å². The number of H-pyrrole nitrogens is 1. The Labute approximate surface area is 190 Å². The number of aromatic nitrogens is 1. The maximum Gasteiger partial charge on any atom is 0.251 e. The van der Waals surface area contributed by atoms with Gasteiger partial charge in [0.25, 0.3) is 11.8 Å². The summed E-state index contributed by atoms with van der Waals surface area (Å²) in [7, 11) is 1.59. The fourth-order valence-electron chi connectivity index (χ4n) is 3.95. The van der Waals surface area contributed by atoms with Gasteiger partial charge in [0.15, 0.2) is 0 Å². The lowest BCUT2D eigenvalue weighted by atomic mass is 10.0. The number of phenols is 1. The topological polar surface area (TPSA) is 94.2 Å². The van der Waals surface area contributed by atoms with Crippen molar-refractivity contribution in [2.24, 2.45) is 0 Å². The Morgan fingerprint density at radius 3 is 2.45 bits per heavy atom. The summed E-state index contributed by atoms with van der Waals surface area (Å²) >= 11 is 0. The van der Waals surface area contributed by atoms with Crippen LogP contribution in [0.2, 0.25) is 0 Å². The van der Waals surface area contributed by atoms with E-state index in [0.29, 0.717) is 35.0 Å². The molecule has 0 saturated heterocycles. The average molecular weight is 445 g/mol. The average Bonchev–Trinajstić information content (AvgIpc) is 3.14. The zero-order chi connectivity index (χ0) is 23.5. The fourth-order valence-corrected chi connectivity index (χ4v) is 3.95. The summed E-state index contributed by atoms with van der Waals surface area (Å²) in [6, 6.07) is 16.9. The summed E-state index contributed by atoms with van der Waals surface area (Å²) in [4.78, 5) is 27.5. The number of carbonyl (C=O) groups excluding carboxylic acids is 2. The van der Waals surface area contributed by atoms with Crippen LogP contribution in [0.5, 0.6) is 5.75 Å². The Morgan fingerprint density at radius 1 is 0.970 bits per heavy atom. The number of amides is 2. The van der Waals surface area contributed by atoms with Gasteiger partial charge in [0.1, 0.15) is 11.6 Å². The zero-order valence-electron chi connectivity index (χ0n) is 18.3. The van der Waals surface area contributed by atoms with Gasteiger partial charge in [-0.15, -0.1) is 0 Å². The number of phenolic OH excluding ortho intramolecular Hbond substituents is 1. The van der Waals surface area contributed by atoms with Gasteiger partial charge in [-0.25, -0.2) is 4.39 Å². The molecule has 0 aliphatic heterocycles. The lowest BCUT2D eigenvalue weighted by molar-refractivity contribution is 0.0949. The maximum atomic E-state index is 13.7. The molecule has 0 aliphatic carbocycles. The summed E-state index contributed by atoms with van der Waals surface area (Å²) in [6.07, 6.45) is 0.491. The highest BCUT2D eigenvalue weighted by molar-refractivity contribution is 5.96. The second kappa shape index (κ2) is 9.16. The van der Waals surface area contributed by atoms with Gasteiger partial charge in [-0.1, -0.05) is 24.3 Å². The molecule has 0 spiro atoms. The van der Waals surface area contributed by atoms with Crippen LogP contribution in [-0.2, 0) is 6.42 Å². The third kappa shape index (κ3) is 4.57. The van der Waals surface area contributed by atoms with Crippen LogP contribution >= 0.6 is 0 Å². The van der Waals surface area contributed by atoms with Crippen LogP contribution in [0.15, 0.2) is 60.7 Å². The van der Waals surface area contributed by atoms with Crippen molar-refractivity contribution in [2.45, 2.75) is 13.3 Å². The number of fused-ring (bicyclic) bond motifs is 1. The van der Waals surface area contributed by atoms with Crippen molar-refractivity contribution in [3.05, 3.63) is 88.9 Å². The number of halogens is 1. The van der Waals surface area contributed by atoms with E-state index in [9.17, 15) is 19.1 Å². The molecular formula is C26H24FN3O3. The van der Waals surface area contributed by atoms with Gasteiger partial charge in [0.2, 0.25) is 0 Å². The minimum Gasteiger partial charge on any atom is -0.506 e. The van der Waals surface area contributed by atoms with Crippen LogP contribution in [0.1, 0.15) is 32.0 Å². The molecule has 0 bridgehead atoms. The van der Waals surface area contributed by atoms with Crippen LogP contribution in [-0.4, -0.2) is 35.5 Å². The normalized spacial score (nSPS) is 10.9. The van der Waals surface area contributed by atoms with E-state index < -0.39 is 5.82 Å². The van der Waals surface area contributed by atoms with E-state index in [1.807, 2.05) is 31.2 Å². The quantitative estimate of drug-likeness (QED) is 0.356. The number of hydrogen-bond donors (Lipinski definition) is 4. The second-order valence-electron chi connectivity index (χ2n) is 7.82. The van der Waals surface area contributed by atoms with Crippen molar-refractivity contribution in [3.8, 4) is 16.9 Å². The molecule has 4 aromatic rings. The first kappa shape index (κ1) is 22.1.